The fourth-order valence-electron chi connectivity index (χ4n) is 2.71. The number of hydrogen-bond donors (Lipinski definition) is 0. The van der Waals surface area contributed by atoms with Crippen molar-refractivity contribution in [2.75, 3.05) is 18.1 Å². The molecule has 124 valence electrons. The number of aromatic nitrogens is 2. The third-order valence-corrected chi connectivity index (χ3v) is 5.03. The number of ether oxygens (including phenoxy) is 1. The Balaban J connectivity index is 1.86. The summed E-state index contributed by atoms with van der Waals surface area (Å²) in [6.45, 7) is 2.91. The van der Waals surface area contributed by atoms with Crippen LogP contribution in [0.25, 0.3) is 0 Å². The van der Waals surface area contributed by atoms with Gasteiger partial charge in [-0.25, -0.2) is 14.8 Å². The molecule has 2 aromatic heterocycles. The van der Waals surface area contributed by atoms with Crippen LogP contribution in [0.2, 0.25) is 5.02 Å². The highest BCUT2D eigenvalue weighted by atomic mass is 35.5. The smallest absolute Gasteiger partial charge is 0.357 e. The lowest BCUT2D eigenvalue weighted by Gasteiger charge is -2.24. The minimum Gasteiger partial charge on any atom is -0.461 e. The Morgan fingerprint density at radius 3 is 3.12 bits per heavy atom. The van der Waals surface area contributed by atoms with Crippen molar-refractivity contribution in [1.82, 2.24) is 9.97 Å². The monoisotopic (exact) mass is 362 g/mol. The molecule has 1 saturated heterocycles. The van der Waals surface area contributed by atoms with E-state index in [1.165, 1.54) is 11.3 Å². The predicted molar refractivity (Wildman–Crippen MR) is 91.4 cm³/mol. The average molecular weight is 363 g/mol. The van der Waals surface area contributed by atoms with E-state index in [1.807, 2.05) is 6.07 Å². The van der Waals surface area contributed by atoms with Crippen molar-refractivity contribution in [1.29, 1.82) is 5.26 Å². The van der Waals surface area contributed by atoms with Crippen LogP contribution in [0, 0.1) is 11.3 Å². The molecule has 8 heteroatoms. The minimum absolute atomic E-state index is 0.0402. The molecular formula is C16H15ClN4O2S. The van der Waals surface area contributed by atoms with Gasteiger partial charge >= 0.3 is 5.97 Å². The molecule has 0 spiro atoms. The summed E-state index contributed by atoms with van der Waals surface area (Å²) < 4.78 is 4.99. The lowest BCUT2D eigenvalue weighted by atomic mass is 10.2. The second kappa shape index (κ2) is 7.16. The molecule has 0 amide bonds. The van der Waals surface area contributed by atoms with Crippen LogP contribution < -0.4 is 4.90 Å². The van der Waals surface area contributed by atoms with Gasteiger partial charge in [0, 0.05) is 11.9 Å². The number of pyridine rings is 1. The summed E-state index contributed by atoms with van der Waals surface area (Å²) in [5, 5.41) is 12.0. The molecule has 1 aliphatic heterocycles. The van der Waals surface area contributed by atoms with Crippen LogP contribution in [-0.4, -0.2) is 29.1 Å². The van der Waals surface area contributed by atoms with Crippen LogP contribution in [0.4, 0.5) is 5.82 Å². The van der Waals surface area contributed by atoms with E-state index in [-0.39, 0.29) is 11.7 Å². The van der Waals surface area contributed by atoms with Gasteiger partial charge in [0.2, 0.25) is 0 Å². The number of rotatable bonds is 4. The number of hydrogen-bond acceptors (Lipinski definition) is 7. The SMILES string of the molecule is CCOC(=O)c1csc(C2CCCN2c2ccc(Cl)c(C#N)n2)n1. The zero-order valence-corrected chi connectivity index (χ0v) is 14.6. The molecule has 6 nitrogen and oxygen atoms in total. The van der Waals surface area contributed by atoms with E-state index in [4.69, 9.17) is 21.6 Å². The van der Waals surface area contributed by atoms with Gasteiger partial charge < -0.3 is 9.64 Å². The minimum atomic E-state index is -0.402. The van der Waals surface area contributed by atoms with E-state index in [9.17, 15) is 4.79 Å². The summed E-state index contributed by atoms with van der Waals surface area (Å²) >= 11 is 7.40. The number of halogens is 1. The topological polar surface area (TPSA) is 79.1 Å². The van der Waals surface area contributed by atoms with Gasteiger partial charge in [0.25, 0.3) is 0 Å². The Morgan fingerprint density at radius 2 is 2.38 bits per heavy atom. The summed E-state index contributed by atoms with van der Waals surface area (Å²) in [5.74, 6) is 0.298. The van der Waals surface area contributed by atoms with Crippen molar-refractivity contribution in [3.63, 3.8) is 0 Å². The molecule has 0 N–H and O–H groups in total. The van der Waals surface area contributed by atoms with Crippen LogP contribution in [0.1, 0.15) is 47.0 Å². The molecule has 1 fully saturated rings. The quantitative estimate of drug-likeness (QED) is 0.773. The maximum Gasteiger partial charge on any atom is 0.357 e. The molecule has 3 rings (SSSR count). The number of esters is 1. The van der Waals surface area contributed by atoms with Gasteiger partial charge in [0.05, 0.1) is 17.7 Å². The van der Waals surface area contributed by atoms with Gasteiger partial charge in [0.1, 0.15) is 16.9 Å². The zero-order valence-electron chi connectivity index (χ0n) is 13.0. The lowest BCUT2D eigenvalue weighted by Crippen LogP contribution is -2.23. The first kappa shape index (κ1) is 16.7. The third-order valence-electron chi connectivity index (χ3n) is 3.78. The van der Waals surface area contributed by atoms with Gasteiger partial charge in [-0.05, 0) is 31.9 Å². The molecule has 0 aliphatic carbocycles. The Morgan fingerprint density at radius 1 is 1.54 bits per heavy atom. The average Bonchev–Trinajstić information content (AvgIpc) is 3.24. The largest absolute Gasteiger partial charge is 0.461 e. The van der Waals surface area contributed by atoms with Crippen molar-refractivity contribution >= 4 is 34.7 Å². The number of nitriles is 1. The second-order valence-corrected chi connectivity index (χ2v) is 6.55. The number of anilines is 1. The van der Waals surface area contributed by atoms with E-state index in [0.29, 0.717) is 23.1 Å². The predicted octanol–water partition coefficient (Wildman–Crippen LogP) is 3.58. The highest BCUT2D eigenvalue weighted by Crippen LogP contribution is 2.37. The summed E-state index contributed by atoms with van der Waals surface area (Å²) in [5.41, 5.74) is 0.552. The van der Waals surface area contributed by atoms with E-state index in [2.05, 4.69) is 14.9 Å². The van der Waals surface area contributed by atoms with E-state index in [1.54, 1.807) is 24.4 Å². The van der Waals surface area contributed by atoms with Gasteiger partial charge in [-0.2, -0.15) is 5.26 Å². The number of nitrogens with zero attached hydrogens (tertiary/aromatic N) is 4. The molecule has 1 atom stereocenters. The fraction of sp³-hybridized carbons (Fsp3) is 0.375. The second-order valence-electron chi connectivity index (χ2n) is 5.25. The number of carbonyl (C=O) groups excluding carboxylic acids is 1. The van der Waals surface area contributed by atoms with Gasteiger partial charge in [-0.1, -0.05) is 11.6 Å². The normalized spacial score (nSPS) is 16.9. The van der Waals surface area contributed by atoms with Crippen LogP contribution in [0.5, 0.6) is 0 Å². The van der Waals surface area contributed by atoms with Crippen molar-refractivity contribution in [3.05, 3.63) is 38.9 Å². The van der Waals surface area contributed by atoms with Crippen molar-refractivity contribution < 1.29 is 9.53 Å². The highest BCUT2D eigenvalue weighted by molar-refractivity contribution is 7.10. The van der Waals surface area contributed by atoms with Crippen molar-refractivity contribution in [2.24, 2.45) is 0 Å². The molecule has 1 unspecified atom stereocenters. The van der Waals surface area contributed by atoms with Gasteiger partial charge in [0.15, 0.2) is 11.4 Å². The molecule has 0 aromatic carbocycles. The van der Waals surface area contributed by atoms with Gasteiger partial charge in [-0.3, -0.25) is 0 Å². The van der Waals surface area contributed by atoms with Crippen LogP contribution >= 0.6 is 22.9 Å². The maximum absolute atomic E-state index is 11.8. The molecule has 24 heavy (non-hydrogen) atoms. The molecule has 0 saturated carbocycles. The molecule has 0 radical (unpaired) electrons. The standard InChI is InChI=1S/C16H15ClN4O2S/c1-2-23-16(22)12-9-24-15(20-12)13-4-3-7-21(13)14-6-5-10(17)11(8-18)19-14/h5-6,9,13H,2-4,7H2,1H3. The Bertz CT molecular complexity index is 802. The Labute approximate surface area is 148 Å². The lowest BCUT2D eigenvalue weighted by molar-refractivity contribution is 0.0520. The highest BCUT2D eigenvalue weighted by Gasteiger charge is 2.30. The van der Waals surface area contributed by atoms with E-state index >= 15 is 0 Å². The van der Waals surface area contributed by atoms with Crippen LogP contribution in [0.15, 0.2) is 17.5 Å². The molecule has 3 heterocycles. The van der Waals surface area contributed by atoms with Crippen LogP contribution in [0.3, 0.4) is 0 Å². The summed E-state index contributed by atoms with van der Waals surface area (Å²) in [4.78, 5) is 22.7. The summed E-state index contributed by atoms with van der Waals surface area (Å²) in [6, 6.07) is 5.53. The number of thiazole rings is 1. The van der Waals surface area contributed by atoms with Crippen molar-refractivity contribution in [3.8, 4) is 6.07 Å². The van der Waals surface area contributed by atoms with Gasteiger partial charge in [-0.15, -0.1) is 11.3 Å². The van der Waals surface area contributed by atoms with E-state index < -0.39 is 5.97 Å². The number of carbonyl (C=O) groups is 1. The zero-order chi connectivity index (χ0) is 17.1. The first-order chi connectivity index (χ1) is 11.6. The first-order valence-electron chi connectivity index (χ1n) is 7.60. The molecule has 0 bridgehead atoms. The first-order valence-corrected chi connectivity index (χ1v) is 8.85. The fourth-order valence-corrected chi connectivity index (χ4v) is 3.79. The maximum atomic E-state index is 11.8. The summed E-state index contributed by atoms with van der Waals surface area (Å²) in [6.07, 6.45) is 1.91. The molecule has 1 aliphatic rings. The third kappa shape index (κ3) is 3.21. The van der Waals surface area contributed by atoms with Crippen molar-refractivity contribution in [2.45, 2.75) is 25.8 Å². The molecular weight excluding hydrogens is 348 g/mol. The summed E-state index contributed by atoms with van der Waals surface area (Å²) in [7, 11) is 0. The van der Waals surface area contributed by atoms with Crippen LogP contribution in [-0.2, 0) is 4.74 Å². The Kier molecular flexibility index (Phi) is 4.97. The molecule has 2 aromatic rings. The Hall–Kier alpha value is -2.17. The van der Waals surface area contributed by atoms with E-state index in [0.717, 1.165) is 24.4 Å².